The van der Waals surface area contributed by atoms with E-state index in [-0.39, 0.29) is 11.5 Å². The Hall–Kier alpha value is -3.42. The summed E-state index contributed by atoms with van der Waals surface area (Å²) in [7, 11) is 0. The van der Waals surface area contributed by atoms with Crippen LogP contribution in [-0.2, 0) is 9.53 Å². The number of hydrogen-bond acceptors (Lipinski definition) is 8. The molecule has 1 spiro atoms. The Kier molecular flexibility index (Phi) is 7.36. The number of carboxylic acids is 1. The van der Waals surface area contributed by atoms with Crippen molar-refractivity contribution in [1.29, 1.82) is 0 Å². The van der Waals surface area contributed by atoms with Crippen molar-refractivity contribution < 1.29 is 37.0 Å². The highest BCUT2D eigenvalue weighted by atomic mass is 19.4. The maximum absolute atomic E-state index is 13.0. The summed E-state index contributed by atoms with van der Waals surface area (Å²) >= 11 is 0. The van der Waals surface area contributed by atoms with Crippen molar-refractivity contribution in [1.82, 2.24) is 24.8 Å². The van der Waals surface area contributed by atoms with Crippen LogP contribution in [-0.4, -0.2) is 86.4 Å². The van der Waals surface area contributed by atoms with Crippen molar-refractivity contribution in [2.45, 2.75) is 24.6 Å². The molecule has 0 saturated carbocycles. The zero-order chi connectivity index (χ0) is 24.1. The molecule has 2 aromatic heterocycles. The number of likely N-dealkylation sites (tertiary alicyclic amines) is 1. The second-order valence-corrected chi connectivity index (χ2v) is 7.34. The van der Waals surface area contributed by atoms with Gasteiger partial charge in [0.25, 0.3) is 5.91 Å². The van der Waals surface area contributed by atoms with Crippen molar-refractivity contribution >= 4 is 17.8 Å². The largest absolute Gasteiger partial charge is 0.490 e. The van der Waals surface area contributed by atoms with Gasteiger partial charge in [-0.1, -0.05) is 0 Å². The lowest BCUT2D eigenvalue weighted by molar-refractivity contribution is -0.192. The molecule has 2 saturated heterocycles. The molecule has 4 rings (SSSR count). The van der Waals surface area contributed by atoms with E-state index in [1.54, 1.807) is 11.1 Å². The molecule has 4 heterocycles. The van der Waals surface area contributed by atoms with E-state index in [0.717, 1.165) is 12.8 Å². The highest BCUT2D eigenvalue weighted by molar-refractivity contribution is 5.92. The van der Waals surface area contributed by atoms with Gasteiger partial charge in [0.2, 0.25) is 5.95 Å². The van der Waals surface area contributed by atoms with E-state index in [0.29, 0.717) is 44.4 Å². The third-order valence-electron chi connectivity index (χ3n) is 5.12. The van der Waals surface area contributed by atoms with E-state index in [2.05, 4.69) is 19.9 Å². The van der Waals surface area contributed by atoms with Crippen molar-refractivity contribution in [3.05, 3.63) is 42.5 Å². The number of aliphatic carboxylic acids is 1. The molecule has 0 aromatic carbocycles. The molecule has 0 unspecified atom stereocenters. The summed E-state index contributed by atoms with van der Waals surface area (Å²) in [6.45, 7) is 3.03. The van der Waals surface area contributed by atoms with Gasteiger partial charge in [-0.25, -0.2) is 24.1 Å². The molecule has 2 aromatic rings. The predicted molar refractivity (Wildman–Crippen MR) is 104 cm³/mol. The fourth-order valence-corrected chi connectivity index (χ4v) is 3.48. The zero-order valence-electron chi connectivity index (χ0n) is 17.2. The Morgan fingerprint density at radius 3 is 2.21 bits per heavy atom. The number of aromatic nitrogens is 4. The summed E-state index contributed by atoms with van der Waals surface area (Å²) in [6, 6.07) is 0. The van der Waals surface area contributed by atoms with Crippen LogP contribution in [0, 0.1) is 5.82 Å². The van der Waals surface area contributed by atoms with Crippen LogP contribution >= 0.6 is 0 Å². The normalized spacial score (nSPS) is 17.8. The topological polar surface area (TPSA) is 122 Å². The number of anilines is 1. The van der Waals surface area contributed by atoms with Crippen molar-refractivity contribution in [2.24, 2.45) is 0 Å². The molecule has 33 heavy (non-hydrogen) atoms. The number of carbonyl (C=O) groups is 2. The number of hydrogen-bond donors (Lipinski definition) is 1. The first-order valence-corrected chi connectivity index (χ1v) is 9.81. The van der Waals surface area contributed by atoms with Gasteiger partial charge in [-0.2, -0.15) is 13.2 Å². The van der Waals surface area contributed by atoms with Crippen LogP contribution in [0.3, 0.4) is 0 Å². The average molecular weight is 472 g/mol. The number of carboxylic acid groups (broad SMARTS) is 1. The fourth-order valence-electron chi connectivity index (χ4n) is 3.48. The molecule has 0 atom stereocenters. The molecule has 178 valence electrons. The van der Waals surface area contributed by atoms with Crippen LogP contribution in [0.25, 0.3) is 0 Å². The Morgan fingerprint density at radius 2 is 1.67 bits per heavy atom. The summed E-state index contributed by atoms with van der Waals surface area (Å²) in [6.07, 6.45) is 3.25. The molecule has 2 fully saturated rings. The molecular weight excluding hydrogens is 452 g/mol. The number of morpholine rings is 1. The third-order valence-corrected chi connectivity index (χ3v) is 5.12. The SMILES string of the molecule is O=C(O)C(F)(F)F.O=C(c1cnccn1)N1CCC2(CC1)CN(c1ncc(F)cn1)CCO2. The first kappa shape index (κ1) is 24.2. The first-order chi connectivity index (χ1) is 15.6. The highest BCUT2D eigenvalue weighted by Crippen LogP contribution is 2.31. The smallest absolute Gasteiger partial charge is 0.475 e. The van der Waals surface area contributed by atoms with Crippen LogP contribution in [0.15, 0.2) is 31.0 Å². The van der Waals surface area contributed by atoms with Gasteiger partial charge in [0.15, 0.2) is 5.82 Å². The number of rotatable bonds is 2. The average Bonchev–Trinajstić information content (AvgIpc) is 2.80. The summed E-state index contributed by atoms with van der Waals surface area (Å²) in [5.41, 5.74) is 0.0177. The second-order valence-electron chi connectivity index (χ2n) is 7.34. The highest BCUT2D eigenvalue weighted by Gasteiger charge is 2.41. The van der Waals surface area contributed by atoms with Crippen LogP contribution in [0.2, 0.25) is 0 Å². The van der Waals surface area contributed by atoms with Gasteiger partial charge in [0, 0.05) is 32.0 Å². The van der Waals surface area contributed by atoms with Gasteiger partial charge in [0.05, 0.1) is 37.3 Å². The second kappa shape index (κ2) is 10.0. The molecule has 2 aliphatic rings. The summed E-state index contributed by atoms with van der Waals surface area (Å²) in [5.74, 6) is -2.81. The van der Waals surface area contributed by atoms with Crippen LogP contribution in [0.4, 0.5) is 23.5 Å². The minimum absolute atomic E-state index is 0.109. The summed E-state index contributed by atoms with van der Waals surface area (Å²) < 4.78 is 50.9. The number of halogens is 4. The van der Waals surface area contributed by atoms with Gasteiger partial charge in [-0.15, -0.1) is 0 Å². The van der Waals surface area contributed by atoms with Gasteiger partial charge >= 0.3 is 12.1 Å². The minimum atomic E-state index is -5.08. The van der Waals surface area contributed by atoms with Crippen molar-refractivity contribution in [3.8, 4) is 0 Å². The minimum Gasteiger partial charge on any atom is -0.475 e. The van der Waals surface area contributed by atoms with Crippen molar-refractivity contribution in [2.75, 3.05) is 37.7 Å². The van der Waals surface area contributed by atoms with E-state index in [9.17, 15) is 22.4 Å². The number of piperidine rings is 1. The summed E-state index contributed by atoms with van der Waals surface area (Å²) in [5, 5.41) is 7.12. The Bertz CT molecular complexity index is 953. The lowest BCUT2D eigenvalue weighted by Gasteiger charge is -2.47. The maximum atomic E-state index is 13.0. The van der Waals surface area contributed by atoms with Gasteiger partial charge in [0.1, 0.15) is 5.69 Å². The molecule has 0 bridgehead atoms. The molecular formula is C19H20F4N6O4. The van der Waals surface area contributed by atoms with Crippen molar-refractivity contribution in [3.63, 3.8) is 0 Å². The number of alkyl halides is 3. The Balaban J connectivity index is 0.000000383. The molecule has 2 aliphatic heterocycles. The monoisotopic (exact) mass is 472 g/mol. The molecule has 1 N–H and O–H groups in total. The zero-order valence-corrected chi connectivity index (χ0v) is 17.2. The number of amides is 1. The molecule has 0 aliphatic carbocycles. The molecule has 10 nitrogen and oxygen atoms in total. The summed E-state index contributed by atoms with van der Waals surface area (Å²) in [4.78, 5) is 41.4. The van der Waals surface area contributed by atoms with E-state index in [1.807, 2.05) is 4.90 Å². The lowest BCUT2D eigenvalue weighted by Crippen LogP contribution is -2.58. The molecule has 1 amide bonds. The Morgan fingerprint density at radius 1 is 1.03 bits per heavy atom. The van der Waals surface area contributed by atoms with E-state index in [1.165, 1.54) is 24.8 Å². The van der Waals surface area contributed by atoms with Crippen LogP contribution in [0.1, 0.15) is 23.3 Å². The standard InChI is InChI=1S/C17H19FN6O2.C2HF3O2/c18-13-9-21-16(22-10-13)24-7-8-26-17(12-24)1-5-23(6-2-17)15(25)14-11-19-3-4-20-14;3-2(4,5)1(6)7/h3-4,9-11H,1-2,5-8,12H2;(H,6,7). The number of carbonyl (C=O) groups excluding carboxylic acids is 1. The first-order valence-electron chi connectivity index (χ1n) is 9.81. The van der Waals surface area contributed by atoms with E-state index < -0.39 is 18.0 Å². The molecule has 14 heteroatoms. The quantitative estimate of drug-likeness (QED) is 0.649. The number of ether oxygens (including phenoxy) is 1. The molecule has 0 radical (unpaired) electrons. The maximum Gasteiger partial charge on any atom is 0.490 e. The fraction of sp³-hybridized carbons (Fsp3) is 0.474. The number of nitrogens with zero attached hydrogens (tertiary/aromatic N) is 6. The van der Waals surface area contributed by atoms with Gasteiger partial charge in [-0.05, 0) is 12.8 Å². The Labute approximate surface area is 185 Å². The van der Waals surface area contributed by atoms with Gasteiger partial charge in [-0.3, -0.25) is 9.78 Å². The lowest BCUT2D eigenvalue weighted by atomic mass is 9.89. The van der Waals surface area contributed by atoms with Crippen LogP contribution < -0.4 is 4.90 Å². The van der Waals surface area contributed by atoms with E-state index in [4.69, 9.17) is 14.6 Å². The van der Waals surface area contributed by atoms with E-state index >= 15 is 0 Å². The predicted octanol–water partition coefficient (Wildman–Crippen LogP) is 1.55. The third kappa shape index (κ3) is 6.31. The van der Waals surface area contributed by atoms with Crippen LogP contribution in [0.5, 0.6) is 0 Å². The van der Waals surface area contributed by atoms with Gasteiger partial charge < -0.3 is 19.6 Å².